The van der Waals surface area contributed by atoms with Crippen molar-refractivity contribution in [3.8, 4) is 0 Å². The van der Waals surface area contributed by atoms with E-state index in [1.807, 2.05) is 0 Å². The number of carbonyl (C=O) groups excluding carboxylic acids is 5. The highest BCUT2D eigenvalue weighted by Crippen LogP contribution is 2.19. The molecule has 4 rings (SSSR count). The van der Waals surface area contributed by atoms with Crippen molar-refractivity contribution in [1.29, 1.82) is 0 Å². The zero-order valence-corrected chi connectivity index (χ0v) is 27.9. The van der Waals surface area contributed by atoms with Gasteiger partial charge in [-0.05, 0) is 28.1 Å². The summed E-state index contributed by atoms with van der Waals surface area (Å²) in [5.74, 6) is -2.44. The zero-order chi connectivity index (χ0) is 35.3. The minimum Gasteiger partial charge on any atom is -0.370 e. The first-order valence-electron chi connectivity index (χ1n) is 14.0. The summed E-state index contributed by atoms with van der Waals surface area (Å²) in [5, 5.41) is 17.3. The largest absolute Gasteiger partial charge is 0.370 e. The summed E-state index contributed by atoms with van der Waals surface area (Å²) >= 11 is 2.98. The molecule has 0 saturated heterocycles. The van der Waals surface area contributed by atoms with Gasteiger partial charge in [0.1, 0.15) is 17.1 Å². The Bertz CT molecular complexity index is 1960. The predicted octanol–water partition coefficient (Wildman–Crippen LogP) is 0.438. The van der Waals surface area contributed by atoms with E-state index < -0.39 is 23.6 Å². The van der Waals surface area contributed by atoms with Crippen molar-refractivity contribution in [3.63, 3.8) is 0 Å². The van der Waals surface area contributed by atoms with Gasteiger partial charge in [-0.1, -0.05) is 6.58 Å². The van der Waals surface area contributed by atoms with Crippen LogP contribution >= 0.6 is 15.9 Å². The van der Waals surface area contributed by atoms with E-state index in [0.29, 0.717) is 17.1 Å². The van der Waals surface area contributed by atoms with Crippen LogP contribution < -0.4 is 38.1 Å². The molecule has 20 heteroatoms. The lowest BCUT2D eigenvalue weighted by Crippen LogP contribution is -2.29. The first-order valence-corrected chi connectivity index (χ1v) is 14.8. The van der Waals surface area contributed by atoms with Crippen molar-refractivity contribution >= 4 is 74.4 Å². The van der Waals surface area contributed by atoms with Crippen LogP contribution in [0.1, 0.15) is 42.1 Å². The topological polar surface area (TPSA) is 255 Å². The van der Waals surface area contributed by atoms with Gasteiger partial charge in [0.2, 0.25) is 5.82 Å². The van der Waals surface area contributed by atoms with E-state index in [0.717, 1.165) is 0 Å². The highest BCUT2D eigenvalue weighted by Gasteiger charge is 2.21. The molecule has 19 nitrogen and oxygen atoms in total. The number of aliphatic imine (C=N–C) groups is 1. The summed E-state index contributed by atoms with van der Waals surface area (Å²) in [6.07, 6.45) is 4.57. The number of amides is 5. The maximum absolute atomic E-state index is 13.1. The maximum atomic E-state index is 13.1. The Morgan fingerprint density at radius 1 is 0.771 bits per heavy atom. The van der Waals surface area contributed by atoms with E-state index in [2.05, 4.69) is 64.2 Å². The van der Waals surface area contributed by atoms with Crippen molar-refractivity contribution in [2.24, 2.45) is 44.7 Å². The third-order valence-corrected chi connectivity index (χ3v) is 6.96. The molecule has 0 aliphatic heterocycles. The molecule has 48 heavy (non-hydrogen) atoms. The Balaban J connectivity index is 1.37. The van der Waals surface area contributed by atoms with Gasteiger partial charge in [-0.2, -0.15) is 5.10 Å². The number of carbonyl (C=O) groups is 5. The van der Waals surface area contributed by atoms with Crippen LogP contribution in [0.15, 0.2) is 52.8 Å². The monoisotopic (exact) mass is 724 g/mol. The van der Waals surface area contributed by atoms with Gasteiger partial charge in [0.15, 0.2) is 17.6 Å². The number of imidazole rings is 1. The van der Waals surface area contributed by atoms with Gasteiger partial charge in [0.25, 0.3) is 29.5 Å². The van der Waals surface area contributed by atoms with Crippen LogP contribution in [-0.2, 0) is 33.0 Å². The normalized spacial score (nSPS) is 10.6. The van der Waals surface area contributed by atoms with Crippen LogP contribution in [0.2, 0.25) is 0 Å². The molecule has 0 radical (unpaired) electrons. The number of nitrogens with zero attached hydrogens (tertiary/aromatic N) is 7. The molecule has 0 fully saturated rings. The summed E-state index contributed by atoms with van der Waals surface area (Å²) in [5.41, 5.74) is 11.9. The third-order valence-electron chi connectivity index (χ3n) is 6.60. The van der Waals surface area contributed by atoms with Crippen molar-refractivity contribution in [2.75, 3.05) is 34.4 Å². The molecule has 0 saturated carbocycles. The summed E-state index contributed by atoms with van der Waals surface area (Å²) in [4.78, 5) is 71.4. The molecule has 0 aliphatic rings. The van der Waals surface area contributed by atoms with E-state index in [9.17, 15) is 24.0 Å². The number of hydrogen-bond acceptors (Lipinski definition) is 8. The molecule has 5 amide bonds. The quantitative estimate of drug-likeness (QED) is 0.0462. The van der Waals surface area contributed by atoms with E-state index in [1.165, 1.54) is 45.3 Å². The Morgan fingerprint density at radius 3 is 1.96 bits per heavy atom. The fraction of sp³-hybridized carbons (Fsp3) is 0.214. The second-order valence-corrected chi connectivity index (χ2v) is 11.3. The molecule has 4 aromatic heterocycles. The fourth-order valence-electron chi connectivity index (χ4n) is 4.39. The van der Waals surface area contributed by atoms with E-state index in [1.54, 1.807) is 38.1 Å². The minimum absolute atomic E-state index is 0.0256. The van der Waals surface area contributed by atoms with Gasteiger partial charge >= 0.3 is 0 Å². The standard InChI is InChI=1S/C28H33BrN14O5/c1-14(29)23(44)37-20-10-19(43(5)39-20)26(47)38-21-13-42(4)22(36-21)27(48)35-16-9-18(41(3)12-16)25(46)34-15-8-17(40(2)11-15)24(45)32-6-7-33-28(30)31/h8-13H,1,6-7H2,2-5H3,(H,32,45)(H,34,46)(H,35,48)(H,38,47)(H4,30,31,33)(H,37,39,44). The van der Waals surface area contributed by atoms with Gasteiger partial charge in [0, 0.05) is 59.4 Å². The van der Waals surface area contributed by atoms with Crippen LogP contribution in [0.4, 0.5) is 23.0 Å². The first kappa shape index (κ1) is 34.7. The van der Waals surface area contributed by atoms with Gasteiger partial charge < -0.3 is 51.8 Å². The summed E-state index contributed by atoms with van der Waals surface area (Å²) < 4.78 is 5.86. The number of halogens is 1. The number of nitrogens with one attached hydrogen (secondary N) is 5. The molecule has 0 spiro atoms. The number of aromatic nitrogens is 6. The average Bonchev–Trinajstić information content (AvgIpc) is 3.76. The van der Waals surface area contributed by atoms with Crippen LogP contribution in [0.3, 0.4) is 0 Å². The van der Waals surface area contributed by atoms with Crippen molar-refractivity contribution in [2.45, 2.75) is 0 Å². The molecule has 0 bridgehead atoms. The lowest BCUT2D eigenvalue weighted by atomic mass is 10.3. The van der Waals surface area contributed by atoms with Gasteiger partial charge in [-0.3, -0.25) is 33.6 Å². The van der Waals surface area contributed by atoms with Crippen molar-refractivity contribution in [3.05, 3.63) is 70.8 Å². The fourth-order valence-corrected chi connectivity index (χ4v) is 4.49. The number of nitrogens with two attached hydrogens (primary N) is 2. The van der Waals surface area contributed by atoms with Crippen LogP contribution in [0.25, 0.3) is 0 Å². The highest BCUT2D eigenvalue weighted by atomic mass is 79.9. The number of aryl methyl sites for hydroxylation is 4. The summed E-state index contributed by atoms with van der Waals surface area (Å²) in [6, 6.07) is 4.36. The van der Waals surface area contributed by atoms with Crippen LogP contribution in [0.5, 0.6) is 0 Å². The first-order chi connectivity index (χ1) is 22.6. The lowest BCUT2D eigenvalue weighted by molar-refractivity contribution is -0.112. The minimum atomic E-state index is -0.602. The SMILES string of the molecule is C=C(Br)C(=O)Nc1cc(C(=O)Nc2cn(C)c(C(=O)Nc3cc(C(=O)Nc4cc(C(=O)NCCN=C(N)N)n(C)c4)n(C)c3)n2)n(C)n1. The van der Waals surface area contributed by atoms with Crippen molar-refractivity contribution in [1.82, 2.24) is 33.8 Å². The average molecular weight is 726 g/mol. The third kappa shape index (κ3) is 8.34. The summed E-state index contributed by atoms with van der Waals surface area (Å²) in [7, 11) is 6.39. The van der Waals surface area contributed by atoms with Gasteiger partial charge in [-0.15, -0.1) is 0 Å². The molecule has 0 unspecified atom stereocenters. The Labute approximate surface area is 281 Å². The molecule has 252 valence electrons. The molecule has 0 aromatic carbocycles. The Kier molecular flexibility index (Phi) is 10.5. The molecule has 4 heterocycles. The van der Waals surface area contributed by atoms with E-state index in [4.69, 9.17) is 11.5 Å². The highest BCUT2D eigenvalue weighted by molar-refractivity contribution is 9.12. The van der Waals surface area contributed by atoms with E-state index >= 15 is 0 Å². The van der Waals surface area contributed by atoms with Crippen molar-refractivity contribution < 1.29 is 24.0 Å². The lowest BCUT2D eigenvalue weighted by Gasteiger charge is -2.04. The van der Waals surface area contributed by atoms with Crippen LogP contribution in [-0.4, -0.2) is 77.1 Å². The number of anilines is 4. The van der Waals surface area contributed by atoms with Crippen LogP contribution in [0, 0.1) is 0 Å². The molecular formula is C28H33BrN14O5. The maximum Gasteiger partial charge on any atom is 0.291 e. The van der Waals surface area contributed by atoms with E-state index in [-0.39, 0.29) is 58.3 Å². The Morgan fingerprint density at radius 2 is 1.35 bits per heavy atom. The second-order valence-electron chi connectivity index (χ2n) is 10.3. The number of rotatable bonds is 12. The molecule has 0 atom stereocenters. The predicted molar refractivity (Wildman–Crippen MR) is 181 cm³/mol. The van der Waals surface area contributed by atoms with Gasteiger partial charge in [-0.25, -0.2) is 4.98 Å². The Hall–Kier alpha value is -6.18. The molecule has 4 aromatic rings. The smallest absolute Gasteiger partial charge is 0.291 e. The zero-order valence-electron chi connectivity index (χ0n) is 26.3. The number of guanidine groups is 1. The summed E-state index contributed by atoms with van der Waals surface area (Å²) in [6.45, 7) is 3.92. The number of hydrogen-bond donors (Lipinski definition) is 7. The molecular weight excluding hydrogens is 692 g/mol. The molecule has 0 aliphatic carbocycles. The molecule has 9 N–H and O–H groups in total. The second kappa shape index (κ2) is 14.5. The van der Waals surface area contributed by atoms with Gasteiger partial charge in [0.05, 0.1) is 22.4 Å².